The molecule has 0 radical (unpaired) electrons. The predicted octanol–water partition coefficient (Wildman–Crippen LogP) is 23.7. The van der Waals surface area contributed by atoms with Crippen LogP contribution < -0.4 is 0 Å². The Hall–Kier alpha value is -2.46. The average Bonchev–Trinajstić information content (AvgIpc) is 0.971. The number of aliphatic hydroxyl groups is 1. The summed E-state index contributed by atoms with van der Waals surface area (Å²) in [5.41, 5.74) is 0. The number of carbonyl (C=O) groups is 4. The van der Waals surface area contributed by atoms with Gasteiger partial charge in [-0.2, -0.15) is 0 Å². The van der Waals surface area contributed by atoms with Gasteiger partial charge in [0.1, 0.15) is 19.3 Å². The molecule has 0 amide bonds. The van der Waals surface area contributed by atoms with Crippen LogP contribution in [0.1, 0.15) is 395 Å². The van der Waals surface area contributed by atoms with Crippen molar-refractivity contribution < 1.29 is 80.2 Å². The Bertz CT molecular complexity index is 2030. The number of hydrogen-bond donors (Lipinski definition) is 3. The van der Waals surface area contributed by atoms with Crippen LogP contribution >= 0.6 is 15.6 Å². The molecule has 0 aromatic carbocycles. The zero-order valence-corrected chi connectivity index (χ0v) is 66.9. The van der Waals surface area contributed by atoms with Gasteiger partial charge in [0.25, 0.3) is 0 Å². The van der Waals surface area contributed by atoms with E-state index in [1.165, 1.54) is 180 Å². The molecule has 100 heavy (non-hydrogen) atoms. The van der Waals surface area contributed by atoms with Crippen LogP contribution in [-0.2, 0) is 65.4 Å². The number of phosphoric acid groups is 2. The summed E-state index contributed by atoms with van der Waals surface area (Å²) in [5, 5.41) is 10.6. The molecule has 0 fully saturated rings. The van der Waals surface area contributed by atoms with Crippen LogP contribution in [0.25, 0.3) is 0 Å². The van der Waals surface area contributed by atoms with Gasteiger partial charge in [-0.1, -0.05) is 342 Å². The molecule has 0 heterocycles. The van der Waals surface area contributed by atoms with Gasteiger partial charge < -0.3 is 33.8 Å². The zero-order chi connectivity index (χ0) is 73.7. The molecule has 5 atom stereocenters. The van der Waals surface area contributed by atoms with Gasteiger partial charge in [-0.25, -0.2) is 9.13 Å². The van der Waals surface area contributed by atoms with E-state index in [9.17, 15) is 43.2 Å². The quantitative estimate of drug-likeness (QED) is 0.0169. The molecule has 590 valence electrons. The Morgan fingerprint density at radius 2 is 0.540 bits per heavy atom. The molecular formula is C81H154O17P2. The maximum atomic E-state index is 13.1. The molecule has 19 heteroatoms. The van der Waals surface area contributed by atoms with E-state index in [1.54, 1.807) is 0 Å². The summed E-state index contributed by atoms with van der Waals surface area (Å²) in [5.74, 6) is 0.127. The van der Waals surface area contributed by atoms with E-state index in [2.05, 4.69) is 72.8 Å². The van der Waals surface area contributed by atoms with Gasteiger partial charge in [0.2, 0.25) is 0 Å². The molecule has 3 N–H and O–H groups in total. The number of hydrogen-bond acceptors (Lipinski definition) is 15. The first-order chi connectivity index (χ1) is 48.2. The fourth-order valence-electron chi connectivity index (χ4n) is 11.9. The second-order valence-corrected chi connectivity index (χ2v) is 32.8. The van der Waals surface area contributed by atoms with Crippen molar-refractivity contribution in [1.82, 2.24) is 0 Å². The first-order valence-electron chi connectivity index (χ1n) is 41.2. The third kappa shape index (κ3) is 73.8. The van der Waals surface area contributed by atoms with Crippen LogP contribution in [0.15, 0.2) is 24.3 Å². The average molecular weight is 1460 g/mol. The van der Waals surface area contributed by atoms with Crippen molar-refractivity contribution in [1.29, 1.82) is 0 Å². The summed E-state index contributed by atoms with van der Waals surface area (Å²) >= 11 is 0. The van der Waals surface area contributed by atoms with E-state index in [0.29, 0.717) is 31.6 Å². The summed E-state index contributed by atoms with van der Waals surface area (Å²) in [6, 6.07) is 0. The smallest absolute Gasteiger partial charge is 0.462 e. The molecule has 0 saturated heterocycles. The van der Waals surface area contributed by atoms with Crippen molar-refractivity contribution in [2.75, 3.05) is 39.6 Å². The molecule has 17 nitrogen and oxygen atoms in total. The number of ether oxygens (including phenoxy) is 4. The van der Waals surface area contributed by atoms with Crippen molar-refractivity contribution in [2.24, 2.45) is 17.8 Å². The summed E-state index contributed by atoms with van der Waals surface area (Å²) < 4.78 is 68.6. The maximum Gasteiger partial charge on any atom is 0.472 e. The molecule has 0 spiro atoms. The third-order valence-corrected chi connectivity index (χ3v) is 20.2. The van der Waals surface area contributed by atoms with Crippen LogP contribution in [0, 0.1) is 17.8 Å². The summed E-state index contributed by atoms with van der Waals surface area (Å²) in [6.45, 7) is 11.8. The monoisotopic (exact) mass is 1460 g/mol. The molecule has 0 rings (SSSR count). The van der Waals surface area contributed by atoms with Gasteiger partial charge in [0, 0.05) is 25.7 Å². The lowest BCUT2D eigenvalue weighted by atomic mass is 10.0. The highest BCUT2D eigenvalue weighted by atomic mass is 31.2. The van der Waals surface area contributed by atoms with E-state index in [1.807, 2.05) is 0 Å². The second kappa shape index (κ2) is 70.8. The van der Waals surface area contributed by atoms with Crippen LogP contribution in [-0.4, -0.2) is 96.7 Å². The van der Waals surface area contributed by atoms with E-state index in [4.69, 9.17) is 37.0 Å². The number of allylic oxidation sites excluding steroid dienone is 4. The lowest BCUT2D eigenvalue weighted by Gasteiger charge is -2.21. The maximum absolute atomic E-state index is 13.1. The van der Waals surface area contributed by atoms with Crippen molar-refractivity contribution >= 4 is 39.5 Å². The van der Waals surface area contributed by atoms with Crippen LogP contribution in [0.3, 0.4) is 0 Å². The molecule has 0 saturated carbocycles. The Labute approximate surface area is 612 Å². The fourth-order valence-corrected chi connectivity index (χ4v) is 13.5. The van der Waals surface area contributed by atoms with Crippen LogP contribution in [0.4, 0.5) is 0 Å². The van der Waals surface area contributed by atoms with Crippen LogP contribution in [0.2, 0.25) is 0 Å². The predicted molar refractivity (Wildman–Crippen MR) is 409 cm³/mol. The number of rotatable bonds is 77. The van der Waals surface area contributed by atoms with E-state index in [-0.39, 0.29) is 25.7 Å². The summed E-state index contributed by atoms with van der Waals surface area (Å²) in [7, 11) is -9.93. The lowest BCUT2D eigenvalue weighted by Crippen LogP contribution is -2.30. The van der Waals surface area contributed by atoms with Crippen molar-refractivity contribution in [3.8, 4) is 0 Å². The van der Waals surface area contributed by atoms with Gasteiger partial charge in [0.15, 0.2) is 12.2 Å². The second-order valence-electron chi connectivity index (χ2n) is 29.9. The molecular weight excluding hydrogens is 1310 g/mol. The highest BCUT2D eigenvalue weighted by molar-refractivity contribution is 7.47. The summed E-state index contributed by atoms with van der Waals surface area (Å²) in [6.07, 6.45) is 62.1. The fraction of sp³-hybridized carbons (Fsp3) is 0.901. The van der Waals surface area contributed by atoms with Gasteiger partial charge >= 0.3 is 39.5 Å². The minimum Gasteiger partial charge on any atom is -0.462 e. The van der Waals surface area contributed by atoms with Crippen molar-refractivity contribution in [3.05, 3.63) is 24.3 Å². The van der Waals surface area contributed by atoms with Crippen molar-refractivity contribution in [3.63, 3.8) is 0 Å². The van der Waals surface area contributed by atoms with Gasteiger partial charge in [-0.15, -0.1) is 0 Å². The zero-order valence-electron chi connectivity index (χ0n) is 65.2. The number of unbranched alkanes of at least 4 members (excludes halogenated alkanes) is 42. The van der Waals surface area contributed by atoms with Gasteiger partial charge in [0.05, 0.1) is 26.4 Å². The molecule has 3 unspecified atom stereocenters. The van der Waals surface area contributed by atoms with E-state index >= 15 is 0 Å². The number of esters is 4. The molecule has 0 aliphatic heterocycles. The molecule has 0 aliphatic carbocycles. The largest absolute Gasteiger partial charge is 0.472 e. The number of aliphatic hydroxyl groups excluding tert-OH is 1. The standard InChI is InChI=1S/C81H154O17P2/c1-8-9-10-11-12-13-14-15-20-24-30-35-40-48-55-62-78(83)91-68-76(97-80(85)65-58-51-42-37-32-27-26-29-34-39-46-53-60-73(4)5)70-95-99(87,88)93-66-75(82)67-94-100(89,90)96-71-77(69-92-79(84)63-56-49-44-43-47-54-61-74(6)7)98-81(86)64-57-50-41-36-31-25-22-19-17-16-18-21-23-28-33-38-45-52-59-72(2)3/h13-15,20,72-77,82H,8-12,16-19,21-71H2,1-7H3,(H,87,88)(H,89,90)/b14-13-,20-15-/t75?,76-,77-/m1/s1. The number of phosphoric ester groups is 2. The van der Waals surface area contributed by atoms with Gasteiger partial charge in [-0.05, 0) is 69.1 Å². The highest BCUT2D eigenvalue weighted by Crippen LogP contribution is 2.45. The SMILES string of the molecule is CCCCCC/C=C\C=C/CCCCCCCC(=O)OC[C@H](COP(=O)(O)OCC(O)COP(=O)(O)OC[C@@H](COC(=O)CCCCCCCCC(C)C)OC(=O)CCCCCCCCCCCCCCCCCCCCC(C)C)OC(=O)CCCCCCCCCCCCCCC(C)C. The minimum atomic E-state index is -4.97. The van der Waals surface area contributed by atoms with Crippen LogP contribution in [0.5, 0.6) is 0 Å². The Morgan fingerprint density at radius 1 is 0.310 bits per heavy atom. The Kier molecular flexibility index (Phi) is 69.1. The first-order valence-corrected chi connectivity index (χ1v) is 44.2. The Morgan fingerprint density at radius 3 is 0.810 bits per heavy atom. The first kappa shape index (κ1) is 97.5. The third-order valence-electron chi connectivity index (χ3n) is 18.3. The van der Waals surface area contributed by atoms with E-state index in [0.717, 1.165) is 127 Å². The molecule has 0 aliphatic rings. The van der Waals surface area contributed by atoms with Gasteiger partial charge in [-0.3, -0.25) is 37.3 Å². The normalized spacial score (nSPS) is 14.1. The topological polar surface area (TPSA) is 237 Å². The number of carbonyl (C=O) groups excluding carboxylic acids is 4. The lowest BCUT2D eigenvalue weighted by molar-refractivity contribution is -0.161. The minimum absolute atomic E-state index is 0.0997. The molecule has 0 bridgehead atoms. The molecule has 0 aromatic heterocycles. The Balaban J connectivity index is 5.22. The van der Waals surface area contributed by atoms with Crippen molar-refractivity contribution in [2.45, 2.75) is 414 Å². The van der Waals surface area contributed by atoms with E-state index < -0.39 is 97.5 Å². The molecule has 0 aromatic rings. The summed E-state index contributed by atoms with van der Waals surface area (Å²) in [4.78, 5) is 72.9. The highest BCUT2D eigenvalue weighted by Gasteiger charge is 2.30.